The largest absolute Gasteiger partial charge is 0.480 e. The van der Waals surface area contributed by atoms with Crippen LogP contribution in [0.1, 0.15) is 64.5 Å². The molecule has 21 heteroatoms. The van der Waals surface area contributed by atoms with Crippen molar-refractivity contribution in [2.24, 2.45) is 10.7 Å². The predicted octanol–water partition coefficient (Wildman–Crippen LogP) is -0.198. The number of hydrogen-bond acceptors (Lipinski definition) is 11. The van der Waals surface area contributed by atoms with Crippen LogP contribution in [-0.4, -0.2) is 122 Å². The van der Waals surface area contributed by atoms with Crippen LogP contribution in [0, 0.1) is 6.92 Å². The lowest BCUT2D eigenvalue weighted by Gasteiger charge is -2.28. The Balaban J connectivity index is 1.70. The van der Waals surface area contributed by atoms with Crippen molar-refractivity contribution in [2.75, 3.05) is 26.2 Å². The number of rotatable bonds is 19. The molecule has 0 aliphatic carbocycles. The molecule has 1 heterocycles. The molecule has 0 saturated carbocycles. The number of nitrogens with two attached hydrogens (primary N) is 1. The number of carbonyl (C=O) groups excluding carboxylic acids is 6. The Kier molecular flexibility index (Phi) is 17.8. The van der Waals surface area contributed by atoms with E-state index in [0.29, 0.717) is 18.4 Å². The number of sulfonamides is 1. The highest BCUT2D eigenvalue weighted by Crippen LogP contribution is 2.21. The lowest BCUT2D eigenvalue weighted by Crippen LogP contribution is -2.57. The molecule has 9 N–H and O–H groups in total. The average Bonchev–Trinajstić information content (AvgIpc) is 3.67. The van der Waals surface area contributed by atoms with E-state index in [9.17, 15) is 42.0 Å². The molecule has 3 rings (SSSR count). The van der Waals surface area contributed by atoms with Crippen LogP contribution in [0.5, 0.6) is 0 Å². The van der Waals surface area contributed by atoms with Crippen LogP contribution < -0.4 is 37.0 Å². The number of nitrogens with one attached hydrogen (secondary N) is 6. The van der Waals surface area contributed by atoms with E-state index in [-0.39, 0.29) is 37.2 Å². The summed E-state index contributed by atoms with van der Waals surface area (Å²) >= 11 is 0. The normalized spacial score (nSPS) is 15.7. The number of carboxylic acid groups (broad SMARTS) is 1. The van der Waals surface area contributed by atoms with E-state index in [2.05, 4.69) is 36.3 Å². The number of ether oxygens (including phenoxy) is 1. The minimum atomic E-state index is -4.04. The van der Waals surface area contributed by atoms with Gasteiger partial charge >= 0.3 is 12.1 Å². The number of amides is 6. The summed E-state index contributed by atoms with van der Waals surface area (Å²) in [5.74, 6) is -5.48. The second-order valence-corrected chi connectivity index (χ2v) is 16.8. The zero-order chi connectivity index (χ0) is 44.6. The van der Waals surface area contributed by atoms with Gasteiger partial charge in [0, 0.05) is 19.5 Å². The number of carboxylic acids is 1. The molecular formula is C39H55N9O11S. The molecule has 4 atom stereocenters. The van der Waals surface area contributed by atoms with E-state index in [4.69, 9.17) is 15.6 Å². The Morgan fingerprint density at radius 1 is 0.900 bits per heavy atom. The Labute approximate surface area is 348 Å². The number of aliphatic carboxylic acids is 1. The molecular weight excluding hydrogens is 803 g/mol. The third-order valence-electron chi connectivity index (χ3n) is 8.84. The van der Waals surface area contributed by atoms with E-state index in [1.807, 2.05) is 0 Å². The fraction of sp³-hybridized carbons (Fsp3) is 0.487. The van der Waals surface area contributed by atoms with Gasteiger partial charge in [-0.2, -0.15) is 0 Å². The molecule has 1 fully saturated rings. The first-order chi connectivity index (χ1) is 28.1. The number of carbonyl (C=O) groups is 7. The Morgan fingerprint density at radius 3 is 2.20 bits per heavy atom. The van der Waals surface area contributed by atoms with Gasteiger partial charge in [-0.15, -0.1) is 0 Å². The first kappa shape index (κ1) is 48.1. The van der Waals surface area contributed by atoms with E-state index in [1.54, 1.807) is 70.2 Å². The van der Waals surface area contributed by atoms with E-state index in [1.165, 1.54) is 24.0 Å². The second-order valence-electron chi connectivity index (χ2n) is 15.1. The summed E-state index contributed by atoms with van der Waals surface area (Å²) in [5.41, 5.74) is 6.57. The van der Waals surface area contributed by atoms with Crippen molar-refractivity contribution in [3.63, 3.8) is 0 Å². The molecule has 20 nitrogen and oxygen atoms in total. The number of likely N-dealkylation sites (tertiary alicyclic amines) is 1. The maximum Gasteiger partial charge on any atom is 0.410 e. The van der Waals surface area contributed by atoms with Crippen molar-refractivity contribution in [1.29, 1.82) is 0 Å². The fourth-order valence-corrected chi connectivity index (χ4v) is 6.79. The SMILES string of the molecule is Cc1ccc(S(=O)(=O)NC(N)=NCCC[C@H](NC(=O)CNC(=O)[C@@H]2CCCN2C(=O)OC(C)(C)C)C(=O)N[C@@H](C)C(=O)N[C@@H](Cc2ccccc2)C(=O)NCC(=O)O)cc1. The molecule has 0 bridgehead atoms. The van der Waals surface area contributed by atoms with Gasteiger partial charge in [-0.25, -0.2) is 17.9 Å². The highest BCUT2D eigenvalue weighted by atomic mass is 32.2. The maximum absolute atomic E-state index is 13.6. The van der Waals surface area contributed by atoms with Crippen LogP contribution in [0.25, 0.3) is 0 Å². The first-order valence-corrected chi connectivity index (χ1v) is 20.7. The summed E-state index contributed by atoms with van der Waals surface area (Å²) < 4.78 is 33.0. The fourth-order valence-electron chi connectivity index (χ4n) is 5.84. The second kappa shape index (κ2) is 22.2. The lowest BCUT2D eigenvalue weighted by atomic mass is 10.0. The number of hydrogen-bond donors (Lipinski definition) is 8. The van der Waals surface area contributed by atoms with Crippen LogP contribution >= 0.6 is 0 Å². The summed E-state index contributed by atoms with van der Waals surface area (Å²) in [6.07, 6.45) is 0.203. The van der Waals surface area contributed by atoms with Gasteiger partial charge in [0.2, 0.25) is 35.5 Å². The maximum atomic E-state index is 13.6. The number of guanidine groups is 1. The van der Waals surface area contributed by atoms with Gasteiger partial charge in [-0.3, -0.25) is 38.7 Å². The van der Waals surface area contributed by atoms with Crippen molar-refractivity contribution in [3.8, 4) is 0 Å². The molecule has 1 aliphatic rings. The minimum Gasteiger partial charge on any atom is -0.480 e. The molecule has 328 valence electrons. The summed E-state index contributed by atoms with van der Waals surface area (Å²) in [5, 5.41) is 21.3. The van der Waals surface area contributed by atoms with Crippen LogP contribution in [0.3, 0.4) is 0 Å². The predicted molar refractivity (Wildman–Crippen MR) is 218 cm³/mol. The van der Waals surface area contributed by atoms with Gasteiger partial charge in [-0.05, 0) is 78.0 Å². The zero-order valence-electron chi connectivity index (χ0n) is 34.3. The smallest absolute Gasteiger partial charge is 0.410 e. The van der Waals surface area contributed by atoms with Gasteiger partial charge in [0.25, 0.3) is 10.0 Å². The monoisotopic (exact) mass is 857 g/mol. The zero-order valence-corrected chi connectivity index (χ0v) is 35.1. The van der Waals surface area contributed by atoms with Crippen molar-refractivity contribution < 1.29 is 51.8 Å². The van der Waals surface area contributed by atoms with Crippen molar-refractivity contribution >= 4 is 57.6 Å². The van der Waals surface area contributed by atoms with Gasteiger partial charge < -0.3 is 42.2 Å². The highest BCUT2D eigenvalue weighted by molar-refractivity contribution is 7.90. The molecule has 0 spiro atoms. The quantitative estimate of drug-likeness (QED) is 0.0518. The molecule has 0 unspecified atom stereocenters. The topological polar surface area (TPSA) is 297 Å². The van der Waals surface area contributed by atoms with Crippen LogP contribution in [0.2, 0.25) is 0 Å². The van der Waals surface area contributed by atoms with Crippen LogP contribution in [0.15, 0.2) is 64.5 Å². The molecule has 0 aromatic heterocycles. The van der Waals surface area contributed by atoms with Crippen molar-refractivity contribution in [1.82, 2.24) is 36.2 Å². The van der Waals surface area contributed by atoms with Gasteiger partial charge in [0.1, 0.15) is 36.3 Å². The summed E-state index contributed by atoms with van der Waals surface area (Å²) in [4.78, 5) is 95.1. The third kappa shape index (κ3) is 16.2. The van der Waals surface area contributed by atoms with E-state index in [0.717, 1.165) is 5.56 Å². The lowest BCUT2D eigenvalue weighted by molar-refractivity contribution is -0.138. The standard InChI is InChI=1S/C39H55N9O11S/c1-24-15-17-27(18-16-24)60(57,58)47-37(40)41-19-9-13-28(45-31(49)22-42-36(55)30-14-10-20-48(30)38(56)59-39(3,4)5)35(54)44-25(2)33(52)46-29(34(53)43-23-32(50)51)21-26-11-7-6-8-12-26/h6-8,11-12,15-18,25,28-30H,9-10,13-14,19-23H2,1-5H3,(H,42,55)(H,43,53)(H,44,54)(H,45,49)(H,46,52)(H,50,51)(H3,40,41,47)/t25-,28-,29-,30-/m0/s1. The van der Waals surface area contributed by atoms with Gasteiger partial charge in [-0.1, -0.05) is 48.0 Å². The summed E-state index contributed by atoms with van der Waals surface area (Å²) in [7, 11) is -4.04. The molecule has 2 aromatic carbocycles. The molecule has 1 saturated heterocycles. The minimum absolute atomic E-state index is 0.00428. The highest BCUT2D eigenvalue weighted by Gasteiger charge is 2.37. The summed E-state index contributed by atoms with van der Waals surface area (Å²) in [6, 6.07) is 10.0. The Bertz CT molecular complexity index is 1990. The average molecular weight is 858 g/mol. The number of benzene rings is 2. The third-order valence-corrected chi connectivity index (χ3v) is 10.2. The van der Waals surface area contributed by atoms with Gasteiger partial charge in [0.05, 0.1) is 11.4 Å². The molecule has 6 amide bonds. The number of aliphatic imine (C=N–C) groups is 1. The number of aryl methyl sites for hydroxylation is 1. The summed E-state index contributed by atoms with van der Waals surface area (Å²) in [6.45, 7) is 7.15. The Morgan fingerprint density at radius 2 is 1.57 bits per heavy atom. The van der Waals surface area contributed by atoms with E-state index < -0.39 is 100 Å². The van der Waals surface area contributed by atoms with Gasteiger partial charge in [0.15, 0.2) is 0 Å². The molecule has 1 aliphatic heterocycles. The van der Waals surface area contributed by atoms with E-state index >= 15 is 0 Å². The molecule has 0 radical (unpaired) electrons. The number of nitrogens with zero attached hydrogens (tertiary/aromatic N) is 2. The first-order valence-electron chi connectivity index (χ1n) is 19.3. The van der Waals surface area contributed by atoms with Crippen molar-refractivity contribution in [3.05, 3.63) is 65.7 Å². The van der Waals surface area contributed by atoms with Crippen LogP contribution in [-0.2, 0) is 49.9 Å². The molecule has 2 aromatic rings. The Hall–Kier alpha value is -6.25. The molecule has 60 heavy (non-hydrogen) atoms. The van der Waals surface area contributed by atoms with Crippen LogP contribution in [0.4, 0.5) is 4.79 Å². The van der Waals surface area contributed by atoms with Crippen molar-refractivity contribution in [2.45, 2.75) is 101 Å².